The molecule has 4 heterocycles. The van der Waals surface area contributed by atoms with Gasteiger partial charge in [-0.1, -0.05) is 0 Å². The Bertz CT molecular complexity index is 941. The van der Waals surface area contributed by atoms with Crippen molar-refractivity contribution >= 4 is 5.91 Å². The van der Waals surface area contributed by atoms with Crippen molar-refractivity contribution in [1.82, 2.24) is 24.2 Å². The van der Waals surface area contributed by atoms with E-state index in [1.54, 1.807) is 0 Å². The molecule has 0 unspecified atom stereocenters. The lowest BCUT2D eigenvalue weighted by atomic mass is 10.0. The number of alkyl halides is 1. The van der Waals surface area contributed by atoms with Crippen molar-refractivity contribution in [3.8, 4) is 0 Å². The van der Waals surface area contributed by atoms with E-state index in [2.05, 4.69) is 10.1 Å². The third-order valence-electron chi connectivity index (χ3n) is 5.04. The zero-order valence-corrected chi connectivity index (χ0v) is 14.4. The topological polar surface area (TPSA) is 73.0 Å². The number of nitrogens with zero attached hydrogens (tertiary/aromatic N) is 5. The van der Waals surface area contributed by atoms with E-state index in [0.29, 0.717) is 44.1 Å². The van der Waals surface area contributed by atoms with Crippen LogP contribution < -0.4 is 5.69 Å². The highest BCUT2D eigenvalue weighted by Gasteiger charge is 2.36. The molecule has 0 saturated carbocycles. The molecule has 144 valence electrons. The van der Waals surface area contributed by atoms with Crippen LogP contribution in [0.3, 0.4) is 0 Å². The maximum atomic E-state index is 13.8. The Hall–Kier alpha value is -2.65. The van der Waals surface area contributed by atoms with Crippen LogP contribution in [0.15, 0.2) is 17.1 Å². The molecule has 0 radical (unpaired) electrons. The number of carbonyl (C=O) groups excluding carboxylic acids is 1. The molecule has 2 aromatic heterocycles. The molecular weight excluding hydrogens is 363 g/mol. The summed E-state index contributed by atoms with van der Waals surface area (Å²) in [5.74, 6) is -1.53. The van der Waals surface area contributed by atoms with Gasteiger partial charge in [0.05, 0.1) is 25.0 Å². The summed E-state index contributed by atoms with van der Waals surface area (Å²) in [6.45, 7) is 0.111. The van der Waals surface area contributed by atoms with Crippen LogP contribution in [0.25, 0.3) is 0 Å². The largest absolute Gasteiger partial charge is 0.347 e. The zero-order valence-electron chi connectivity index (χ0n) is 14.4. The van der Waals surface area contributed by atoms with Crippen LogP contribution in [-0.2, 0) is 17.8 Å². The van der Waals surface area contributed by atoms with Crippen molar-refractivity contribution in [2.45, 2.75) is 44.4 Å². The van der Waals surface area contributed by atoms with Gasteiger partial charge in [0.2, 0.25) is 5.91 Å². The maximum absolute atomic E-state index is 13.8. The molecule has 1 fully saturated rings. The van der Waals surface area contributed by atoms with Crippen LogP contribution in [0.4, 0.5) is 13.2 Å². The van der Waals surface area contributed by atoms with Crippen LogP contribution in [0, 0.1) is 11.6 Å². The average molecular weight is 381 g/mol. The Balaban J connectivity index is 1.64. The molecule has 0 N–H and O–H groups in total. The Morgan fingerprint density at radius 1 is 1.30 bits per heavy atom. The molecule has 4 rings (SSSR count). The molecule has 2 atom stereocenters. The van der Waals surface area contributed by atoms with Crippen molar-refractivity contribution < 1.29 is 18.0 Å². The second kappa shape index (κ2) is 6.82. The number of rotatable bonds is 3. The molecule has 0 aliphatic carbocycles. The molecule has 0 bridgehead atoms. The standard InChI is InChI=1S/C17H18F3N5O2/c18-10-4-5-23(8-10)16(26)14-2-1-3-15-22-24(17(27)25(14)15)9-13-12(20)6-11(19)7-21-13/h6-7,10,14H,1-5,8-9H2/t10-,14-/m0/s1. The number of hydrogen-bond acceptors (Lipinski definition) is 4. The van der Waals surface area contributed by atoms with Crippen molar-refractivity contribution in [3.63, 3.8) is 0 Å². The fourth-order valence-electron chi connectivity index (χ4n) is 3.70. The molecule has 2 aliphatic rings. The second-order valence-corrected chi connectivity index (χ2v) is 6.89. The Kier molecular flexibility index (Phi) is 4.48. The average Bonchev–Trinajstić information content (AvgIpc) is 3.21. The normalized spacial score (nSPS) is 22.1. The van der Waals surface area contributed by atoms with Gasteiger partial charge in [0.1, 0.15) is 29.7 Å². The Labute approximate surface area is 152 Å². The van der Waals surface area contributed by atoms with Crippen LogP contribution in [0.1, 0.15) is 36.8 Å². The number of aryl methyl sites for hydroxylation is 1. The van der Waals surface area contributed by atoms with Crippen molar-refractivity contribution in [2.24, 2.45) is 0 Å². The number of likely N-dealkylation sites (tertiary alicyclic amines) is 1. The summed E-state index contributed by atoms with van der Waals surface area (Å²) in [5.41, 5.74) is -0.666. The number of aromatic nitrogens is 4. The van der Waals surface area contributed by atoms with Gasteiger partial charge < -0.3 is 4.90 Å². The van der Waals surface area contributed by atoms with Gasteiger partial charge in [-0.25, -0.2) is 22.6 Å². The van der Waals surface area contributed by atoms with E-state index in [1.165, 1.54) is 9.47 Å². The fourth-order valence-corrected chi connectivity index (χ4v) is 3.70. The van der Waals surface area contributed by atoms with Crippen molar-refractivity contribution in [1.29, 1.82) is 0 Å². The van der Waals surface area contributed by atoms with E-state index in [0.717, 1.165) is 10.9 Å². The predicted octanol–water partition coefficient (Wildman–Crippen LogP) is 1.21. The first-order chi connectivity index (χ1) is 12.9. The molecule has 2 aliphatic heterocycles. The van der Waals surface area contributed by atoms with Gasteiger partial charge in [0.15, 0.2) is 0 Å². The molecular formula is C17H18F3N5O2. The SMILES string of the molecule is O=C([C@@H]1CCCc2nn(Cc3ncc(F)cc3F)c(=O)n21)N1CC[C@H](F)C1. The lowest BCUT2D eigenvalue weighted by Crippen LogP contribution is -2.41. The molecule has 0 aromatic carbocycles. The van der Waals surface area contributed by atoms with E-state index in [9.17, 15) is 22.8 Å². The Morgan fingerprint density at radius 2 is 2.11 bits per heavy atom. The zero-order chi connectivity index (χ0) is 19.1. The summed E-state index contributed by atoms with van der Waals surface area (Å²) in [6.07, 6.45) is 1.78. The van der Waals surface area contributed by atoms with Gasteiger partial charge in [0, 0.05) is 19.0 Å². The number of fused-ring (bicyclic) bond motifs is 1. The first-order valence-electron chi connectivity index (χ1n) is 8.85. The third-order valence-corrected chi connectivity index (χ3v) is 5.04. The van der Waals surface area contributed by atoms with Crippen molar-refractivity contribution in [2.75, 3.05) is 13.1 Å². The van der Waals surface area contributed by atoms with Crippen LogP contribution >= 0.6 is 0 Å². The fraction of sp³-hybridized carbons (Fsp3) is 0.529. The number of carbonyl (C=O) groups is 1. The van der Waals surface area contributed by atoms with Crippen LogP contribution in [0.5, 0.6) is 0 Å². The first kappa shape index (κ1) is 17.7. The first-order valence-corrected chi connectivity index (χ1v) is 8.85. The predicted molar refractivity (Wildman–Crippen MR) is 87.8 cm³/mol. The summed E-state index contributed by atoms with van der Waals surface area (Å²) in [5, 5.41) is 4.21. The number of halogens is 3. The van der Waals surface area contributed by atoms with E-state index in [1.807, 2.05) is 0 Å². The number of hydrogen-bond donors (Lipinski definition) is 0. The molecule has 2 aromatic rings. The third kappa shape index (κ3) is 3.24. The molecule has 27 heavy (non-hydrogen) atoms. The lowest BCUT2D eigenvalue weighted by molar-refractivity contribution is -0.134. The summed E-state index contributed by atoms with van der Waals surface area (Å²) in [6, 6.07) is -0.0393. The monoisotopic (exact) mass is 381 g/mol. The second-order valence-electron chi connectivity index (χ2n) is 6.89. The smallest absolute Gasteiger partial charge is 0.338 e. The summed E-state index contributed by atoms with van der Waals surface area (Å²) >= 11 is 0. The maximum Gasteiger partial charge on any atom is 0.347 e. The molecule has 0 spiro atoms. The molecule has 7 nitrogen and oxygen atoms in total. The van der Waals surface area contributed by atoms with Gasteiger partial charge >= 0.3 is 5.69 Å². The van der Waals surface area contributed by atoms with Crippen LogP contribution in [-0.4, -0.2) is 49.4 Å². The van der Waals surface area contributed by atoms with E-state index >= 15 is 0 Å². The van der Waals surface area contributed by atoms with Gasteiger partial charge in [-0.2, -0.15) is 5.10 Å². The van der Waals surface area contributed by atoms with E-state index in [4.69, 9.17) is 0 Å². The number of pyridine rings is 1. The Morgan fingerprint density at radius 3 is 2.81 bits per heavy atom. The molecule has 1 amide bonds. The summed E-state index contributed by atoms with van der Waals surface area (Å²) < 4.78 is 42.6. The minimum Gasteiger partial charge on any atom is -0.338 e. The molecule has 1 saturated heterocycles. The van der Waals surface area contributed by atoms with Gasteiger partial charge in [-0.3, -0.25) is 14.3 Å². The molecule has 10 heteroatoms. The minimum atomic E-state index is -1.04. The van der Waals surface area contributed by atoms with Gasteiger partial charge in [-0.05, 0) is 19.3 Å². The highest BCUT2D eigenvalue weighted by molar-refractivity contribution is 5.81. The van der Waals surface area contributed by atoms with Gasteiger partial charge in [0.25, 0.3) is 0 Å². The van der Waals surface area contributed by atoms with Crippen molar-refractivity contribution in [3.05, 3.63) is 45.9 Å². The minimum absolute atomic E-state index is 0.0399. The van der Waals surface area contributed by atoms with E-state index < -0.39 is 29.5 Å². The highest BCUT2D eigenvalue weighted by atomic mass is 19.1. The summed E-state index contributed by atoms with van der Waals surface area (Å²) in [7, 11) is 0. The summed E-state index contributed by atoms with van der Waals surface area (Å²) in [4.78, 5) is 30.7. The van der Waals surface area contributed by atoms with Crippen LogP contribution in [0.2, 0.25) is 0 Å². The lowest BCUT2D eigenvalue weighted by Gasteiger charge is -2.26. The quantitative estimate of drug-likeness (QED) is 0.801. The highest BCUT2D eigenvalue weighted by Crippen LogP contribution is 2.26. The van der Waals surface area contributed by atoms with Gasteiger partial charge in [-0.15, -0.1) is 0 Å². The van der Waals surface area contributed by atoms with E-state index in [-0.39, 0.29) is 24.7 Å². The number of amides is 1.